The number of allylic oxidation sites excluding steroid dienone is 2. The Kier molecular flexibility index (Phi) is 3.75. The fourth-order valence-electron chi connectivity index (χ4n) is 2.06. The molecular formula is C15H18N2O. The van der Waals surface area contributed by atoms with Gasteiger partial charge in [0, 0.05) is 5.56 Å². The molecule has 3 nitrogen and oxygen atoms in total. The molecule has 0 amide bonds. The summed E-state index contributed by atoms with van der Waals surface area (Å²) in [7, 11) is 3.76. The summed E-state index contributed by atoms with van der Waals surface area (Å²) in [4.78, 5) is 12.2. The summed E-state index contributed by atoms with van der Waals surface area (Å²) in [6.45, 7) is 0. The van der Waals surface area contributed by atoms with Gasteiger partial charge in [-0.25, -0.2) is 0 Å². The minimum Gasteiger partial charge on any atom is -0.296 e. The van der Waals surface area contributed by atoms with Crippen molar-refractivity contribution in [2.45, 2.75) is 5.66 Å². The summed E-state index contributed by atoms with van der Waals surface area (Å²) in [5.41, 5.74) is 0.409. The highest BCUT2D eigenvalue weighted by atomic mass is 16.1. The van der Waals surface area contributed by atoms with Crippen LogP contribution in [0.1, 0.15) is 10.4 Å². The Hall–Kier alpha value is -1.71. The van der Waals surface area contributed by atoms with Crippen LogP contribution in [0.3, 0.4) is 0 Å². The molecule has 1 aliphatic carbocycles. The van der Waals surface area contributed by atoms with Crippen LogP contribution in [-0.4, -0.2) is 25.5 Å². The van der Waals surface area contributed by atoms with Crippen LogP contribution in [0, 0.1) is 5.92 Å². The number of Topliss-reactive ketones (excluding diaryl/α,β-unsaturated/α-hetero) is 1. The number of ketones is 1. The monoisotopic (exact) mass is 242 g/mol. The van der Waals surface area contributed by atoms with E-state index >= 15 is 0 Å². The molecule has 2 N–H and O–H groups in total. The van der Waals surface area contributed by atoms with Crippen LogP contribution in [0.15, 0.2) is 54.6 Å². The predicted molar refractivity (Wildman–Crippen MR) is 73.4 cm³/mol. The predicted octanol–water partition coefficient (Wildman–Crippen LogP) is 1.75. The standard InChI is InChI=1S/C15H18N2O/c1-16-15(17-2)10-8-13(9-11-15)14(18)12-6-4-3-5-7-12/h3-11,13,16-17H,1-2H3. The molecule has 94 valence electrons. The maximum atomic E-state index is 12.2. The lowest BCUT2D eigenvalue weighted by Gasteiger charge is -2.30. The molecule has 0 aliphatic heterocycles. The molecule has 18 heavy (non-hydrogen) atoms. The first kappa shape index (κ1) is 12.7. The number of nitrogens with one attached hydrogen (secondary N) is 2. The molecule has 0 spiro atoms. The molecule has 0 saturated carbocycles. The normalized spacial score (nSPS) is 17.9. The van der Waals surface area contributed by atoms with Gasteiger partial charge in [-0.3, -0.25) is 15.4 Å². The molecule has 0 aromatic heterocycles. The van der Waals surface area contributed by atoms with Crippen molar-refractivity contribution in [2.24, 2.45) is 5.92 Å². The smallest absolute Gasteiger partial charge is 0.173 e. The van der Waals surface area contributed by atoms with Crippen LogP contribution in [-0.2, 0) is 0 Å². The highest BCUT2D eigenvalue weighted by Gasteiger charge is 2.25. The first-order chi connectivity index (χ1) is 8.71. The van der Waals surface area contributed by atoms with Gasteiger partial charge in [0.05, 0.1) is 5.92 Å². The third-order valence-electron chi connectivity index (χ3n) is 3.32. The van der Waals surface area contributed by atoms with Gasteiger partial charge < -0.3 is 0 Å². The maximum Gasteiger partial charge on any atom is 0.173 e. The minimum absolute atomic E-state index is 0.129. The van der Waals surface area contributed by atoms with E-state index < -0.39 is 0 Å². The zero-order valence-electron chi connectivity index (χ0n) is 10.7. The summed E-state index contributed by atoms with van der Waals surface area (Å²) in [6, 6.07) is 9.38. The molecule has 0 fully saturated rings. The van der Waals surface area contributed by atoms with Gasteiger partial charge in [0.1, 0.15) is 5.66 Å². The number of hydrogen-bond donors (Lipinski definition) is 2. The zero-order valence-corrected chi connectivity index (χ0v) is 10.7. The first-order valence-corrected chi connectivity index (χ1v) is 6.06. The molecule has 0 unspecified atom stereocenters. The molecule has 0 radical (unpaired) electrons. The molecule has 1 aromatic carbocycles. The second-order valence-corrected chi connectivity index (χ2v) is 4.34. The van der Waals surface area contributed by atoms with Gasteiger partial charge in [0.25, 0.3) is 0 Å². The molecular weight excluding hydrogens is 224 g/mol. The van der Waals surface area contributed by atoms with E-state index in [0.717, 1.165) is 5.56 Å². The van der Waals surface area contributed by atoms with E-state index in [2.05, 4.69) is 10.6 Å². The lowest BCUT2D eigenvalue weighted by molar-refractivity contribution is 0.0963. The number of benzene rings is 1. The van der Waals surface area contributed by atoms with Gasteiger partial charge in [-0.15, -0.1) is 0 Å². The van der Waals surface area contributed by atoms with E-state index in [1.54, 1.807) is 0 Å². The van der Waals surface area contributed by atoms with Crippen LogP contribution in [0.4, 0.5) is 0 Å². The summed E-state index contributed by atoms with van der Waals surface area (Å²) in [5.74, 6) is -0.0499. The average molecular weight is 242 g/mol. The van der Waals surface area contributed by atoms with Gasteiger partial charge in [0.2, 0.25) is 0 Å². The Morgan fingerprint density at radius 2 is 1.61 bits per heavy atom. The molecule has 0 bridgehead atoms. The molecule has 0 heterocycles. The lowest BCUT2D eigenvalue weighted by atomic mass is 9.90. The van der Waals surface area contributed by atoms with Crippen molar-refractivity contribution in [3.05, 3.63) is 60.2 Å². The molecule has 3 heteroatoms. The second kappa shape index (κ2) is 5.29. The first-order valence-electron chi connectivity index (χ1n) is 6.06. The van der Waals surface area contributed by atoms with Crippen molar-refractivity contribution >= 4 is 5.78 Å². The topological polar surface area (TPSA) is 41.1 Å². The quantitative estimate of drug-likeness (QED) is 0.480. The lowest BCUT2D eigenvalue weighted by Crippen LogP contribution is -2.51. The molecule has 0 saturated heterocycles. The van der Waals surface area contributed by atoms with Gasteiger partial charge in [-0.05, 0) is 26.2 Å². The van der Waals surface area contributed by atoms with Crippen molar-refractivity contribution < 1.29 is 4.79 Å². The summed E-state index contributed by atoms with van der Waals surface area (Å²) in [6.07, 6.45) is 7.84. The van der Waals surface area contributed by atoms with Crippen molar-refractivity contribution in [2.75, 3.05) is 14.1 Å². The van der Waals surface area contributed by atoms with Crippen LogP contribution in [0.5, 0.6) is 0 Å². The Morgan fingerprint density at radius 1 is 1.06 bits per heavy atom. The fourth-order valence-corrected chi connectivity index (χ4v) is 2.06. The average Bonchev–Trinajstić information content (AvgIpc) is 2.47. The molecule has 1 aliphatic rings. The van der Waals surface area contributed by atoms with Crippen LogP contribution in [0.2, 0.25) is 0 Å². The van der Waals surface area contributed by atoms with Crippen LogP contribution >= 0.6 is 0 Å². The van der Waals surface area contributed by atoms with Gasteiger partial charge in [-0.2, -0.15) is 0 Å². The number of hydrogen-bond acceptors (Lipinski definition) is 3. The van der Waals surface area contributed by atoms with Crippen LogP contribution in [0.25, 0.3) is 0 Å². The maximum absolute atomic E-state index is 12.2. The molecule has 0 atom stereocenters. The number of carbonyl (C=O) groups is 1. The Bertz CT molecular complexity index is 457. The van der Waals surface area contributed by atoms with E-state index in [1.807, 2.05) is 68.7 Å². The zero-order chi connectivity index (χ0) is 13.0. The van der Waals surface area contributed by atoms with Gasteiger partial charge >= 0.3 is 0 Å². The van der Waals surface area contributed by atoms with E-state index in [4.69, 9.17) is 0 Å². The highest BCUT2D eigenvalue weighted by Crippen LogP contribution is 2.19. The third kappa shape index (κ3) is 2.42. The summed E-state index contributed by atoms with van der Waals surface area (Å²) in [5, 5.41) is 6.34. The van der Waals surface area contributed by atoms with E-state index in [0.29, 0.717) is 0 Å². The van der Waals surface area contributed by atoms with E-state index in [9.17, 15) is 4.79 Å². The van der Waals surface area contributed by atoms with E-state index in [-0.39, 0.29) is 17.4 Å². The summed E-state index contributed by atoms with van der Waals surface area (Å²) < 4.78 is 0. The number of rotatable bonds is 4. The van der Waals surface area contributed by atoms with Crippen molar-refractivity contribution in [3.63, 3.8) is 0 Å². The van der Waals surface area contributed by atoms with Crippen LogP contribution < -0.4 is 10.6 Å². The Labute approximate surface area is 108 Å². The fraction of sp³-hybridized carbons (Fsp3) is 0.267. The number of likely N-dealkylation sites (N-methyl/N-ethyl adjacent to an activating group) is 2. The molecule has 1 aromatic rings. The van der Waals surface area contributed by atoms with E-state index in [1.165, 1.54) is 0 Å². The third-order valence-corrected chi connectivity index (χ3v) is 3.32. The molecule has 2 rings (SSSR count). The minimum atomic E-state index is -0.340. The largest absolute Gasteiger partial charge is 0.296 e. The second-order valence-electron chi connectivity index (χ2n) is 4.34. The van der Waals surface area contributed by atoms with Crippen molar-refractivity contribution in [1.29, 1.82) is 0 Å². The Morgan fingerprint density at radius 3 is 2.11 bits per heavy atom. The van der Waals surface area contributed by atoms with Gasteiger partial charge in [0.15, 0.2) is 5.78 Å². The Balaban J connectivity index is 2.15. The summed E-state index contributed by atoms with van der Waals surface area (Å²) >= 11 is 0. The van der Waals surface area contributed by atoms with Gasteiger partial charge in [-0.1, -0.05) is 42.5 Å². The highest BCUT2D eigenvalue weighted by molar-refractivity contribution is 6.00. The number of carbonyl (C=O) groups excluding carboxylic acids is 1. The van der Waals surface area contributed by atoms with Crippen molar-refractivity contribution in [3.8, 4) is 0 Å². The SMILES string of the molecule is CNC1(NC)C=CC(C(=O)c2ccccc2)C=C1. The van der Waals surface area contributed by atoms with Crippen molar-refractivity contribution in [1.82, 2.24) is 10.6 Å².